The van der Waals surface area contributed by atoms with Gasteiger partial charge in [0.15, 0.2) is 0 Å². The number of carboxylic acid groups (broad SMARTS) is 1. The normalized spacial score (nSPS) is 23.5. The van der Waals surface area contributed by atoms with Crippen molar-refractivity contribution in [2.24, 2.45) is 0 Å². The van der Waals surface area contributed by atoms with Gasteiger partial charge in [-0.3, -0.25) is 4.90 Å². The molecule has 1 aliphatic heterocycles. The number of hydrogen-bond acceptors (Lipinski definition) is 4. The number of β-amino-alcohol motifs (C(OH)–C–C–N with tert-alkyl or cyclic N) is 1. The molecule has 19 heavy (non-hydrogen) atoms. The van der Waals surface area contributed by atoms with E-state index in [-0.39, 0.29) is 5.56 Å². The maximum absolute atomic E-state index is 10.8. The summed E-state index contributed by atoms with van der Waals surface area (Å²) in [6.07, 6.45) is 0.779. The number of carboxylic acids is 1. The topological polar surface area (TPSA) is 70.0 Å². The summed E-state index contributed by atoms with van der Waals surface area (Å²) in [7, 11) is 0. The summed E-state index contributed by atoms with van der Waals surface area (Å²) in [4.78, 5) is 13.0. The Hall–Kier alpha value is -1.59. The summed E-state index contributed by atoms with van der Waals surface area (Å²) in [6, 6.07) is 6.46. The van der Waals surface area contributed by atoms with E-state index in [0.717, 1.165) is 19.5 Å². The van der Waals surface area contributed by atoms with E-state index in [1.165, 1.54) is 12.1 Å². The molecular formula is C14H19NO4. The molecule has 0 aromatic heterocycles. The van der Waals surface area contributed by atoms with Crippen LogP contribution in [0.4, 0.5) is 0 Å². The second-order valence-corrected chi connectivity index (χ2v) is 5.20. The van der Waals surface area contributed by atoms with Gasteiger partial charge in [-0.25, -0.2) is 4.79 Å². The lowest BCUT2D eigenvalue weighted by Crippen LogP contribution is -2.32. The monoisotopic (exact) mass is 265 g/mol. The molecule has 1 atom stereocenters. The van der Waals surface area contributed by atoms with Crippen LogP contribution in [0.5, 0.6) is 5.75 Å². The van der Waals surface area contributed by atoms with Gasteiger partial charge in [0.05, 0.1) is 11.2 Å². The summed E-state index contributed by atoms with van der Waals surface area (Å²) < 4.78 is 5.54. The van der Waals surface area contributed by atoms with Crippen molar-refractivity contribution in [1.29, 1.82) is 0 Å². The Morgan fingerprint density at radius 1 is 1.53 bits per heavy atom. The van der Waals surface area contributed by atoms with E-state index in [0.29, 0.717) is 18.9 Å². The number of benzene rings is 1. The van der Waals surface area contributed by atoms with E-state index >= 15 is 0 Å². The van der Waals surface area contributed by atoms with Crippen LogP contribution < -0.4 is 4.74 Å². The van der Waals surface area contributed by atoms with Crippen LogP contribution in [-0.4, -0.2) is 52.9 Å². The number of nitrogens with zero attached hydrogens (tertiary/aromatic N) is 1. The summed E-state index contributed by atoms with van der Waals surface area (Å²) in [5.74, 6) is -0.396. The molecule has 0 bridgehead atoms. The number of rotatable bonds is 5. The van der Waals surface area contributed by atoms with Gasteiger partial charge < -0.3 is 14.9 Å². The van der Waals surface area contributed by atoms with Gasteiger partial charge in [-0.15, -0.1) is 0 Å². The van der Waals surface area contributed by atoms with Crippen molar-refractivity contribution in [2.45, 2.75) is 18.9 Å². The molecule has 5 nitrogen and oxygen atoms in total. The molecule has 0 saturated carbocycles. The van der Waals surface area contributed by atoms with Gasteiger partial charge in [0.2, 0.25) is 0 Å². The largest absolute Gasteiger partial charge is 0.492 e. The van der Waals surface area contributed by atoms with Crippen molar-refractivity contribution in [3.8, 4) is 5.75 Å². The minimum atomic E-state index is -0.957. The third kappa shape index (κ3) is 3.94. The highest BCUT2D eigenvalue weighted by Crippen LogP contribution is 2.20. The highest BCUT2D eigenvalue weighted by Gasteiger charge is 2.30. The van der Waals surface area contributed by atoms with Crippen molar-refractivity contribution >= 4 is 5.97 Å². The second kappa shape index (κ2) is 5.59. The predicted molar refractivity (Wildman–Crippen MR) is 70.6 cm³/mol. The summed E-state index contributed by atoms with van der Waals surface area (Å²) in [5, 5.41) is 18.7. The molecule has 1 aromatic rings. The molecule has 1 saturated heterocycles. The van der Waals surface area contributed by atoms with E-state index in [1.54, 1.807) is 12.1 Å². The smallest absolute Gasteiger partial charge is 0.335 e. The molecule has 1 aliphatic rings. The van der Waals surface area contributed by atoms with Crippen molar-refractivity contribution in [3.63, 3.8) is 0 Å². The number of aromatic carboxylic acids is 1. The first kappa shape index (κ1) is 13.8. The minimum Gasteiger partial charge on any atom is -0.492 e. The molecule has 104 valence electrons. The summed E-state index contributed by atoms with van der Waals surface area (Å²) >= 11 is 0. The maximum atomic E-state index is 10.8. The molecule has 0 aliphatic carbocycles. The number of hydrogen-bond donors (Lipinski definition) is 2. The Bertz CT molecular complexity index is 459. The van der Waals surface area contributed by atoms with Crippen LogP contribution in [0.25, 0.3) is 0 Å². The van der Waals surface area contributed by atoms with E-state index in [1.807, 2.05) is 6.92 Å². The van der Waals surface area contributed by atoms with E-state index in [4.69, 9.17) is 9.84 Å². The molecule has 5 heteroatoms. The Morgan fingerprint density at radius 2 is 2.32 bits per heavy atom. The molecule has 2 N–H and O–H groups in total. The lowest BCUT2D eigenvalue weighted by molar-refractivity contribution is 0.0665. The van der Waals surface area contributed by atoms with E-state index < -0.39 is 11.6 Å². The van der Waals surface area contributed by atoms with Crippen LogP contribution in [0.3, 0.4) is 0 Å². The second-order valence-electron chi connectivity index (χ2n) is 5.20. The first-order valence-corrected chi connectivity index (χ1v) is 6.37. The molecular weight excluding hydrogens is 246 g/mol. The highest BCUT2D eigenvalue weighted by atomic mass is 16.5. The average molecular weight is 265 g/mol. The van der Waals surface area contributed by atoms with Gasteiger partial charge in [-0.1, -0.05) is 6.07 Å². The molecule has 1 unspecified atom stereocenters. The van der Waals surface area contributed by atoms with Gasteiger partial charge in [0.25, 0.3) is 0 Å². The molecule has 1 aromatic carbocycles. The number of ether oxygens (including phenoxy) is 1. The molecule has 1 heterocycles. The first-order valence-electron chi connectivity index (χ1n) is 6.37. The Labute approximate surface area is 112 Å². The van der Waals surface area contributed by atoms with Crippen LogP contribution >= 0.6 is 0 Å². The van der Waals surface area contributed by atoms with Gasteiger partial charge in [0, 0.05) is 19.6 Å². The third-order valence-corrected chi connectivity index (χ3v) is 3.29. The van der Waals surface area contributed by atoms with E-state index in [2.05, 4.69) is 4.90 Å². The Balaban J connectivity index is 1.80. The van der Waals surface area contributed by atoms with Crippen molar-refractivity contribution in [3.05, 3.63) is 29.8 Å². The quantitative estimate of drug-likeness (QED) is 0.837. The van der Waals surface area contributed by atoms with Crippen molar-refractivity contribution in [1.82, 2.24) is 4.90 Å². The molecule has 0 spiro atoms. The SMILES string of the molecule is CC1(O)CCN(CCOc2cccc(C(=O)O)c2)C1. The zero-order chi connectivity index (χ0) is 13.9. The fourth-order valence-electron chi connectivity index (χ4n) is 2.24. The summed E-state index contributed by atoms with van der Waals surface area (Å²) in [6.45, 7) is 4.58. The van der Waals surface area contributed by atoms with Gasteiger partial charge in [-0.05, 0) is 31.5 Å². The van der Waals surface area contributed by atoms with Crippen LogP contribution in [0, 0.1) is 0 Å². The zero-order valence-electron chi connectivity index (χ0n) is 11.0. The highest BCUT2D eigenvalue weighted by molar-refractivity contribution is 5.87. The molecule has 0 radical (unpaired) electrons. The molecule has 1 fully saturated rings. The minimum absolute atomic E-state index is 0.224. The lowest BCUT2D eigenvalue weighted by atomic mass is 10.1. The van der Waals surface area contributed by atoms with Crippen LogP contribution in [0.15, 0.2) is 24.3 Å². The molecule has 0 amide bonds. The van der Waals surface area contributed by atoms with Crippen molar-refractivity contribution < 1.29 is 19.7 Å². The predicted octanol–water partition coefficient (Wildman–Crippen LogP) is 1.22. The number of carbonyl (C=O) groups is 1. The van der Waals surface area contributed by atoms with Crippen LogP contribution in [0.2, 0.25) is 0 Å². The zero-order valence-corrected chi connectivity index (χ0v) is 11.0. The fraction of sp³-hybridized carbons (Fsp3) is 0.500. The summed E-state index contributed by atoms with van der Waals surface area (Å²) in [5.41, 5.74) is -0.370. The first-order chi connectivity index (χ1) is 8.96. The van der Waals surface area contributed by atoms with Crippen LogP contribution in [-0.2, 0) is 0 Å². The standard InChI is InChI=1S/C14H19NO4/c1-14(18)5-6-15(10-14)7-8-19-12-4-2-3-11(9-12)13(16)17/h2-4,9,18H,5-8,10H2,1H3,(H,16,17). The Morgan fingerprint density at radius 3 is 2.95 bits per heavy atom. The van der Waals surface area contributed by atoms with Gasteiger partial charge in [-0.2, -0.15) is 0 Å². The van der Waals surface area contributed by atoms with Gasteiger partial charge >= 0.3 is 5.97 Å². The maximum Gasteiger partial charge on any atom is 0.335 e. The third-order valence-electron chi connectivity index (χ3n) is 3.29. The van der Waals surface area contributed by atoms with E-state index in [9.17, 15) is 9.90 Å². The molecule has 2 rings (SSSR count). The number of likely N-dealkylation sites (tertiary alicyclic amines) is 1. The van der Waals surface area contributed by atoms with Gasteiger partial charge in [0.1, 0.15) is 12.4 Å². The van der Waals surface area contributed by atoms with Crippen LogP contribution in [0.1, 0.15) is 23.7 Å². The lowest BCUT2D eigenvalue weighted by Gasteiger charge is -2.18. The average Bonchev–Trinajstić information content (AvgIpc) is 2.69. The van der Waals surface area contributed by atoms with Crippen molar-refractivity contribution in [2.75, 3.05) is 26.2 Å². The number of aliphatic hydroxyl groups is 1. The Kier molecular flexibility index (Phi) is 4.07. The fourth-order valence-corrected chi connectivity index (χ4v) is 2.24.